The zero-order valence-electron chi connectivity index (χ0n) is 9.85. The summed E-state index contributed by atoms with van der Waals surface area (Å²) in [7, 11) is 1.67. The average Bonchev–Trinajstić information content (AvgIpc) is 2.34. The second-order valence-electron chi connectivity index (χ2n) is 4.08. The highest BCUT2D eigenvalue weighted by Gasteiger charge is 2.22. The number of nitrogens with zero attached hydrogens (tertiary/aromatic N) is 1. The maximum atomic E-state index is 11.8. The molecule has 0 bridgehead atoms. The lowest BCUT2D eigenvalue weighted by Gasteiger charge is -2.31. The molecule has 1 atom stereocenters. The molecule has 1 saturated heterocycles. The normalized spacial score (nSPS) is 21.1. The number of thioether (sulfide) groups is 1. The Hall–Kier alpha value is -0.260. The van der Waals surface area contributed by atoms with Crippen LogP contribution in [0.5, 0.6) is 0 Å². The molecule has 5 heteroatoms. The van der Waals surface area contributed by atoms with Gasteiger partial charge in [-0.15, -0.1) is 11.8 Å². The first-order chi connectivity index (χ1) is 7.77. The molecule has 0 spiro atoms. The maximum absolute atomic E-state index is 11.8. The molecule has 1 fully saturated rings. The smallest absolute Gasteiger partial charge is 0.232 e. The van der Waals surface area contributed by atoms with Crippen molar-refractivity contribution in [2.45, 2.75) is 12.8 Å². The Bertz CT molecular complexity index is 213. The lowest BCUT2D eigenvalue weighted by Crippen LogP contribution is -2.41. The third kappa shape index (κ3) is 4.72. The third-order valence-electron chi connectivity index (χ3n) is 2.79. The highest BCUT2D eigenvalue weighted by molar-refractivity contribution is 7.99. The van der Waals surface area contributed by atoms with E-state index in [-0.39, 0.29) is 18.4 Å². The van der Waals surface area contributed by atoms with Gasteiger partial charge in [0.25, 0.3) is 0 Å². The number of ether oxygens (including phenoxy) is 1. The highest BCUT2D eigenvalue weighted by atomic mass is 32.2. The van der Waals surface area contributed by atoms with Crippen LogP contribution in [0.1, 0.15) is 12.8 Å². The van der Waals surface area contributed by atoms with Crippen LogP contribution in [-0.4, -0.2) is 60.8 Å². The molecule has 0 aromatic carbocycles. The van der Waals surface area contributed by atoms with Gasteiger partial charge in [-0.05, 0) is 18.8 Å². The summed E-state index contributed by atoms with van der Waals surface area (Å²) < 4.78 is 4.92. The van der Waals surface area contributed by atoms with E-state index in [9.17, 15) is 4.79 Å². The van der Waals surface area contributed by atoms with Gasteiger partial charge in [0.1, 0.15) is 0 Å². The summed E-state index contributed by atoms with van der Waals surface area (Å²) in [5, 5.41) is 9.08. The van der Waals surface area contributed by atoms with Gasteiger partial charge in [-0.2, -0.15) is 0 Å². The predicted octanol–water partition coefficient (Wildman–Crippen LogP) is 0.597. The number of carbonyl (C=O) groups excluding carboxylic acids is 1. The number of aliphatic hydroxyl groups is 1. The summed E-state index contributed by atoms with van der Waals surface area (Å²) in [6.07, 6.45) is 2.05. The zero-order valence-corrected chi connectivity index (χ0v) is 10.7. The molecule has 4 nitrogen and oxygen atoms in total. The number of hydrogen-bond donors (Lipinski definition) is 1. The van der Waals surface area contributed by atoms with E-state index in [1.165, 1.54) is 0 Å². The molecular formula is C11H21NO3S. The van der Waals surface area contributed by atoms with Gasteiger partial charge in [0, 0.05) is 32.6 Å². The fourth-order valence-electron chi connectivity index (χ4n) is 1.83. The number of methoxy groups -OCH3 is 1. The van der Waals surface area contributed by atoms with Gasteiger partial charge in [-0.25, -0.2) is 0 Å². The van der Waals surface area contributed by atoms with Crippen molar-refractivity contribution in [1.29, 1.82) is 0 Å². The van der Waals surface area contributed by atoms with E-state index >= 15 is 0 Å². The summed E-state index contributed by atoms with van der Waals surface area (Å²) in [6.45, 7) is 2.46. The first kappa shape index (κ1) is 13.8. The maximum Gasteiger partial charge on any atom is 0.232 e. The van der Waals surface area contributed by atoms with Crippen molar-refractivity contribution >= 4 is 17.7 Å². The first-order valence-electron chi connectivity index (χ1n) is 5.73. The number of aliphatic hydroxyl groups excluding tert-OH is 1. The summed E-state index contributed by atoms with van der Waals surface area (Å²) in [5.74, 6) is 1.86. The fraction of sp³-hybridized carbons (Fsp3) is 0.909. The average molecular weight is 247 g/mol. The van der Waals surface area contributed by atoms with Crippen LogP contribution < -0.4 is 0 Å². The number of hydrogen-bond acceptors (Lipinski definition) is 4. The summed E-state index contributed by atoms with van der Waals surface area (Å²) in [4.78, 5) is 13.7. The second-order valence-corrected chi connectivity index (χ2v) is 5.18. The van der Waals surface area contributed by atoms with Gasteiger partial charge in [-0.1, -0.05) is 0 Å². The van der Waals surface area contributed by atoms with Gasteiger partial charge in [0.05, 0.1) is 12.4 Å². The Morgan fingerprint density at radius 2 is 2.44 bits per heavy atom. The molecule has 16 heavy (non-hydrogen) atoms. The molecule has 1 heterocycles. The molecule has 94 valence electrons. The van der Waals surface area contributed by atoms with Gasteiger partial charge in [0.15, 0.2) is 0 Å². The molecule has 1 aliphatic heterocycles. The van der Waals surface area contributed by atoms with Crippen LogP contribution in [0.15, 0.2) is 0 Å². The van der Waals surface area contributed by atoms with E-state index in [2.05, 4.69) is 0 Å². The Balaban J connectivity index is 2.19. The Kier molecular flexibility index (Phi) is 6.84. The van der Waals surface area contributed by atoms with Gasteiger partial charge in [-0.3, -0.25) is 4.79 Å². The summed E-state index contributed by atoms with van der Waals surface area (Å²) in [5.41, 5.74) is 0. The minimum atomic E-state index is 0.194. The van der Waals surface area contributed by atoms with Crippen molar-refractivity contribution in [3.05, 3.63) is 0 Å². The van der Waals surface area contributed by atoms with Crippen molar-refractivity contribution in [3.63, 3.8) is 0 Å². The van der Waals surface area contributed by atoms with E-state index < -0.39 is 0 Å². The first-order valence-corrected chi connectivity index (χ1v) is 6.88. The van der Waals surface area contributed by atoms with Gasteiger partial charge < -0.3 is 14.7 Å². The van der Waals surface area contributed by atoms with Crippen molar-refractivity contribution in [1.82, 2.24) is 4.90 Å². The van der Waals surface area contributed by atoms with Crippen LogP contribution in [0.4, 0.5) is 0 Å². The minimum absolute atomic E-state index is 0.194. The molecule has 1 unspecified atom stereocenters. The van der Waals surface area contributed by atoms with E-state index in [4.69, 9.17) is 9.84 Å². The molecule has 1 amide bonds. The van der Waals surface area contributed by atoms with Crippen molar-refractivity contribution in [2.75, 3.05) is 44.9 Å². The highest BCUT2D eigenvalue weighted by Crippen LogP contribution is 2.16. The molecular weight excluding hydrogens is 226 g/mol. The summed E-state index contributed by atoms with van der Waals surface area (Å²) >= 11 is 1.61. The van der Waals surface area contributed by atoms with Crippen LogP contribution in [-0.2, 0) is 9.53 Å². The van der Waals surface area contributed by atoms with Crippen molar-refractivity contribution in [2.24, 2.45) is 5.92 Å². The molecule has 0 aliphatic carbocycles. The van der Waals surface area contributed by atoms with Crippen molar-refractivity contribution in [3.8, 4) is 0 Å². The van der Waals surface area contributed by atoms with E-state index in [0.717, 1.165) is 31.7 Å². The lowest BCUT2D eigenvalue weighted by molar-refractivity contribution is -0.130. The second kappa shape index (κ2) is 7.92. The largest absolute Gasteiger partial charge is 0.396 e. The van der Waals surface area contributed by atoms with Crippen LogP contribution >= 0.6 is 11.8 Å². The zero-order chi connectivity index (χ0) is 11.8. The van der Waals surface area contributed by atoms with Gasteiger partial charge in [0.2, 0.25) is 5.91 Å². The Morgan fingerprint density at radius 1 is 1.62 bits per heavy atom. The topological polar surface area (TPSA) is 49.8 Å². The van der Waals surface area contributed by atoms with Crippen LogP contribution in [0, 0.1) is 5.92 Å². The molecule has 0 radical (unpaired) electrons. The van der Waals surface area contributed by atoms with Gasteiger partial charge >= 0.3 is 0 Å². The van der Waals surface area contributed by atoms with E-state index in [0.29, 0.717) is 12.4 Å². The third-order valence-corrected chi connectivity index (χ3v) is 3.69. The van der Waals surface area contributed by atoms with Crippen molar-refractivity contribution < 1.29 is 14.6 Å². The monoisotopic (exact) mass is 247 g/mol. The number of likely N-dealkylation sites (tertiary alicyclic amines) is 1. The lowest BCUT2D eigenvalue weighted by atomic mass is 9.99. The Labute approximate surface area is 101 Å². The summed E-state index contributed by atoms with van der Waals surface area (Å²) in [6, 6.07) is 0. The predicted molar refractivity (Wildman–Crippen MR) is 65.6 cm³/mol. The SMILES string of the molecule is COCCSCC(=O)N1CCCC(CO)C1. The quantitative estimate of drug-likeness (QED) is 0.698. The standard InChI is InChI=1S/C11H21NO3S/c1-15-5-6-16-9-11(14)12-4-2-3-10(7-12)8-13/h10,13H,2-9H2,1H3. The molecule has 1 N–H and O–H groups in total. The molecule has 1 aliphatic rings. The fourth-order valence-corrected chi connectivity index (χ4v) is 2.62. The van der Waals surface area contributed by atoms with Crippen LogP contribution in [0.25, 0.3) is 0 Å². The number of piperidine rings is 1. The number of amides is 1. The molecule has 0 aromatic rings. The number of rotatable bonds is 6. The van der Waals surface area contributed by atoms with E-state index in [1.54, 1.807) is 18.9 Å². The Morgan fingerprint density at radius 3 is 3.12 bits per heavy atom. The van der Waals surface area contributed by atoms with Crippen LogP contribution in [0.2, 0.25) is 0 Å². The molecule has 0 aromatic heterocycles. The van der Waals surface area contributed by atoms with E-state index in [1.807, 2.05) is 4.90 Å². The molecule has 0 saturated carbocycles. The number of carbonyl (C=O) groups is 1. The van der Waals surface area contributed by atoms with Crippen LogP contribution in [0.3, 0.4) is 0 Å². The molecule has 1 rings (SSSR count). The minimum Gasteiger partial charge on any atom is -0.396 e.